The molecule has 4 aromatic rings. The van der Waals surface area contributed by atoms with Crippen molar-refractivity contribution in [1.82, 2.24) is 15.5 Å². The molecule has 1 saturated heterocycles. The molecule has 0 spiro atoms. The van der Waals surface area contributed by atoms with Crippen molar-refractivity contribution in [3.8, 4) is 16.9 Å². The van der Waals surface area contributed by atoms with E-state index in [0.29, 0.717) is 63.5 Å². The first kappa shape index (κ1) is 33.2. The number of phenolic OH excluding ortho intramolecular Hbond substituents is 1. The number of rotatable bonds is 12. The van der Waals surface area contributed by atoms with Gasteiger partial charge < -0.3 is 25.4 Å². The predicted octanol–water partition coefficient (Wildman–Crippen LogP) is 5.99. The van der Waals surface area contributed by atoms with Crippen LogP contribution in [0.15, 0.2) is 109 Å². The lowest BCUT2D eigenvalue weighted by molar-refractivity contribution is -0.118. The van der Waals surface area contributed by atoms with E-state index in [1.54, 1.807) is 36.4 Å². The molecule has 244 valence electrons. The fourth-order valence-electron chi connectivity index (χ4n) is 5.54. The number of para-hydroxylation sites is 3. The van der Waals surface area contributed by atoms with Crippen LogP contribution in [0.2, 0.25) is 0 Å². The Morgan fingerprint density at radius 3 is 2.21 bits per heavy atom. The number of hydrogen-bond donors (Lipinski definition) is 4. The van der Waals surface area contributed by atoms with Gasteiger partial charge in [0.1, 0.15) is 11.9 Å². The van der Waals surface area contributed by atoms with Gasteiger partial charge in [-0.05, 0) is 42.7 Å². The van der Waals surface area contributed by atoms with Crippen molar-refractivity contribution < 1.29 is 24.2 Å². The summed E-state index contributed by atoms with van der Waals surface area (Å²) in [6, 6.07) is 33.0. The maximum absolute atomic E-state index is 13.4. The standard InChI is InChI=1S/C37H41N5O5/c43-34-18-10-7-13-29(34)27-38-22-23-39-36(45)42(30-14-5-2-6-15-30)35(44)21-26-41-24-19-31(20-25-41)47-37(46)40-33-17-9-8-16-32(33)28-11-3-1-4-12-28/h1-18,31,38,43H,19-27H2,(H,39,45)(H,40,46). The van der Waals surface area contributed by atoms with Crippen molar-refractivity contribution in [2.75, 3.05) is 42.9 Å². The summed E-state index contributed by atoms with van der Waals surface area (Å²) in [6.07, 6.45) is 0.754. The summed E-state index contributed by atoms with van der Waals surface area (Å²) in [5.74, 6) is -0.0847. The largest absolute Gasteiger partial charge is 0.508 e. The molecule has 10 nitrogen and oxygen atoms in total. The normalized spacial score (nSPS) is 13.4. The van der Waals surface area contributed by atoms with E-state index >= 15 is 0 Å². The number of hydrogen-bond acceptors (Lipinski definition) is 7. The topological polar surface area (TPSA) is 123 Å². The van der Waals surface area contributed by atoms with Gasteiger partial charge in [-0.15, -0.1) is 0 Å². The molecule has 0 aromatic heterocycles. The molecule has 1 heterocycles. The van der Waals surface area contributed by atoms with E-state index in [0.717, 1.165) is 16.7 Å². The number of nitrogens with one attached hydrogen (secondary N) is 3. The number of phenols is 1. The van der Waals surface area contributed by atoms with Crippen LogP contribution in [0.5, 0.6) is 5.75 Å². The smallest absolute Gasteiger partial charge is 0.411 e. The molecule has 0 radical (unpaired) electrons. The van der Waals surface area contributed by atoms with Crippen molar-refractivity contribution in [2.45, 2.75) is 31.9 Å². The Labute approximate surface area is 275 Å². The van der Waals surface area contributed by atoms with Gasteiger partial charge in [0, 0.05) is 56.8 Å². The third kappa shape index (κ3) is 9.65. The Kier molecular flexibility index (Phi) is 12.0. The highest BCUT2D eigenvalue weighted by Gasteiger charge is 2.26. The van der Waals surface area contributed by atoms with E-state index in [4.69, 9.17) is 4.74 Å². The van der Waals surface area contributed by atoms with Gasteiger partial charge in [0.15, 0.2) is 0 Å². The van der Waals surface area contributed by atoms with Crippen LogP contribution >= 0.6 is 0 Å². The average Bonchev–Trinajstić information content (AvgIpc) is 3.10. The summed E-state index contributed by atoms with van der Waals surface area (Å²) < 4.78 is 5.75. The summed E-state index contributed by atoms with van der Waals surface area (Å²) in [5, 5.41) is 18.8. The molecule has 0 bridgehead atoms. The Morgan fingerprint density at radius 1 is 0.809 bits per heavy atom. The van der Waals surface area contributed by atoms with Crippen LogP contribution in [0.3, 0.4) is 0 Å². The zero-order chi connectivity index (χ0) is 32.8. The number of piperidine rings is 1. The van der Waals surface area contributed by atoms with Crippen molar-refractivity contribution in [3.63, 3.8) is 0 Å². The van der Waals surface area contributed by atoms with Gasteiger partial charge in [0.2, 0.25) is 5.91 Å². The second-order valence-electron chi connectivity index (χ2n) is 11.3. The van der Waals surface area contributed by atoms with Crippen LogP contribution in [0.25, 0.3) is 11.1 Å². The molecule has 1 aliphatic heterocycles. The fourth-order valence-corrected chi connectivity index (χ4v) is 5.54. The highest BCUT2D eigenvalue weighted by molar-refractivity contribution is 6.14. The van der Waals surface area contributed by atoms with Crippen LogP contribution in [-0.4, -0.2) is 66.9 Å². The Hall–Kier alpha value is -5.19. The molecule has 47 heavy (non-hydrogen) atoms. The van der Waals surface area contributed by atoms with Gasteiger partial charge in [-0.2, -0.15) is 0 Å². The van der Waals surface area contributed by atoms with Gasteiger partial charge >= 0.3 is 12.1 Å². The SMILES string of the molecule is O=C(Nc1ccccc1-c1ccccc1)OC1CCN(CCC(=O)N(C(=O)NCCNCc2ccccc2O)c2ccccc2)CC1. The molecule has 0 aliphatic carbocycles. The first-order chi connectivity index (χ1) is 23.0. The van der Waals surface area contributed by atoms with Crippen LogP contribution in [-0.2, 0) is 16.1 Å². The number of likely N-dealkylation sites (tertiary alicyclic amines) is 1. The minimum atomic E-state index is -0.488. The monoisotopic (exact) mass is 635 g/mol. The quantitative estimate of drug-likeness (QED) is 0.141. The van der Waals surface area contributed by atoms with Gasteiger partial charge in [0.05, 0.1) is 11.4 Å². The minimum Gasteiger partial charge on any atom is -0.508 e. The summed E-state index contributed by atoms with van der Waals surface area (Å²) in [5.41, 5.74) is 3.89. The highest BCUT2D eigenvalue weighted by Crippen LogP contribution is 2.28. The Bertz CT molecular complexity index is 1610. The summed E-state index contributed by atoms with van der Waals surface area (Å²) in [4.78, 5) is 42.7. The minimum absolute atomic E-state index is 0.163. The second kappa shape index (κ2) is 16.9. The Morgan fingerprint density at radius 2 is 1.47 bits per heavy atom. The number of urea groups is 1. The molecule has 4 aromatic carbocycles. The average molecular weight is 636 g/mol. The number of carbonyl (C=O) groups is 3. The number of amides is 4. The molecule has 10 heteroatoms. The van der Waals surface area contributed by atoms with Gasteiger partial charge in [0.25, 0.3) is 0 Å². The van der Waals surface area contributed by atoms with Crippen LogP contribution in [0.4, 0.5) is 21.0 Å². The molecule has 5 rings (SSSR count). The molecular weight excluding hydrogens is 594 g/mol. The van der Waals surface area contributed by atoms with Crippen molar-refractivity contribution in [1.29, 1.82) is 0 Å². The van der Waals surface area contributed by atoms with Gasteiger partial charge in [-0.3, -0.25) is 10.1 Å². The Balaban J connectivity index is 1.06. The van der Waals surface area contributed by atoms with Crippen molar-refractivity contribution >= 4 is 29.4 Å². The predicted molar refractivity (Wildman–Crippen MR) is 183 cm³/mol. The lowest BCUT2D eigenvalue weighted by Crippen LogP contribution is -2.47. The number of nitrogens with zero attached hydrogens (tertiary/aromatic N) is 2. The van der Waals surface area contributed by atoms with Crippen LogP contribution < -0.4 is 20.9 Å². The summed E-state index contributed by atoms with van der Waals surface area (Å²) >= 11 is 0. The van der Waals surface area contributed by atoms with Gasteiger partial charge in [-0.1, -0.05) is 84.9 Å². The third-order valence-corrected chi connectivity index (χ3v) is 8.05. The molecule has 0 unspecified atom stereocenters. The molecule has 1 aliphatic rings. The molecule has 4 N–H and O–H groups in total. The van der Waals surface area contributed by atoms with Gasteiger partial charge in [-0.25, -0.2) is 14.5 Å². The molecular formula is C37H41N5O5. The van der Waals surface area contributed by atoms with E-state index in [1.807, 2.05) is 72.8 Å². The first-order valence-electron chi connectivity index (χ1n) is 16.0. The lowest BCUT2D eigenvalue weighted by Gasteiger charge is -2.32. The third-order valence-electron chi connectivity index (χ3n) is 8.05. The van der Waals surface area contributed by atoms with Crippen molar-refractivity contribution in [2.24, 2.45) is 0 Å². The van der Waals surface area contributed by atoms with E-state index in [-0.39, 0.29) is 24.2 Å². The molecule has 4 amide bonds. The zero-order valence-corrected chi connectivity index (χ0v) is 26.3. The van der Waals surface area contributed by atoms with Crippen LogP contribution in [0, 0.1) is 0 Å². The molecule has 1 fully saturated rings. The number of carbonyl (C=O) groups excluding carboxylic acids is 3. The maximum Gasteiger partial charge on any atom is 0.411 e. The number of benzene rings is 4. The summed E-state index contributed by atoms with van der Waals surface area (Å²) in [7, 11) is 0. The van der Waals surface area contributed by atoms with Crippen molar-refractivity contribution in [3.05, 3.63) is 115 Å². The highest BCUT2D eigenvalue weighted by atomic mass is 16.6. The first-order valence-corrected chi connectivity index (χ1v) is 16.0. The summed E-state index contributed by atoms with van der Waals surface area (Å²) in [6.45, 7) is 3.06. The number of anilines is 2. The fraction of sp³-hybridized carbons (Fsp3) is 0.270. The van der Waals surface area contributed by atoms with Crippen LogP contribution in [0.1, 0.15) is 24.8 Å². The number of aromatic hydroxyl groups is 1. The zero-order valence-electron chi connectivity index (χ0n) is 26.3. The lowest BCUT2D eigenvalue weighted by atomic mass is 10.0. The number of ether oxygens (including phenoxy) is 1. The van der Waals surface area contributed by atoms with E-state index in [9.17, 15) is 19.5 Å². The van der Waals surface area contributed by atoms with E-state index in [2.05, 4.69) is 20.9 Å². The van der Waals surface area contributed by atoms with E-state index < -0.39 is 12.1 Å². The maximum atomic E-state index is 13.4. The second-order valence-corrected chi connectivity index (χ2v) is 11.3. The molecule has 0 saturated carbocycles. The molecule has 0 atom stereocenters. The number of imide groups is 1. The van der Waals surface area contributed by atoms with E-state index in [1.165, 1.54) is 4.90 Å².